The maximum atomic E-state index is 11.7. The van der Waals surface area contributed by atoms with Crippen LogP contribution in [-0.4, -0.2) is 30.4 Å². The molecule has 0 fully saturated rings. The molecule has 2 N–H and O–H groups in total. The molecule has 1 atom stereocenters. The minimum atomic E-state index is -0.343. The SMILES string of the molecule is CC[C@@H](N)C(=O)N(C)CCCCc1ccccc1. The molecule has 1 amide bonds. The van der Waals surface area contributed by atoms with Crippen LogP contribution in [0.15, 0.2) is 30.3 Å². The highest BCUT2D eigenvalue weighted by molar-refractivity contribution is 5.81. The number of unbranched alkanes of at least 4 members (excludes halogenated alkanes) is 1. The molecule has 1 rings (SSSR count). The molecule has 1 aromatic rings. The van der Waals surface area contributed by atoms with Crippen LogP contribution in [-0.2, 0) is 11.2 Å². The highest BCUT2D eigenvalue weighted by atomic mass is 16.2. The summed E-state index contributed by atoms with van der Waals surface area (Å²) in [6.07, 6.45) is 3.90. The van der Waals surface area contributed by atoms with Crippen molar-refractivity contribution in [2.24, 2.45) is 5.73 Å². The fourth-order valence-electron chi connectivity index (χ4n) is 1.89. The van der Waals surface area contributed by atoms with Crippen LogP contribution in [0.3, 0.4) is 0 Å². The lowest BCUT2D eigenvalue weighted by atomic mass is 10.1. The predicted molar refractivity (Wildman–Crippen MR) is 75.3 cm³/mol. The van der Waals surface area contributed by atoms with Gasteiger partial charge in [0.1, 0.15) is 0 Å². The molecule has 0 heterocycles. The van der Waals surface area contributed by atoms with Gasteiger partial charge in [0.05, 0.1) is 6.04 Å². The lowest BCUT2D eigenvalue weighted by Gasteiger charge is -2.20. The molecule has 18 heavy (non-hydrogen) atoms. The maximum absolute atomic E-state index is 11.7. The normalized spacial score (nSPS) is 12.2. The van der Waals surface area contributed by atoms with Crippen molar-refractivity contribution in [3.8, 4) is 0 Å². The zero-order valence-electron chi connectivity index (χ0n) is 11.4. The van der Waals surface area contributed by atoms with Gasteiger partial charge in [-0.05, 0) is 31.2 Å². The summed E-state index contributed by atoms with van der Waals surface area (Å²) in [5, 5.41) is 0. The van der Waals surface area contributed by atoms with Gasteiger partial charge >= 0.3 is 0 Å². The zero-order valence-corrected chi connectivity index (χ0v) is 11.4. The van der Waals surface area contributed by atoms with E-state index >= 15 is 0 Å². The summed E-state index contributed by atoms with van der Waals surface area (Å²) >= 11 is 0. The maximum Gasteiger partial charge on any atom is 0.239 e. The van der Waals surface area contributed by atoms with Crippen LogP contribution in [0.25, 0.3) is 0 Å². The molecule has 0 aliphatic carbocycles. The number of rotatable bonds is 7. The first-order chi connectivity index (χ1) is 8.65. The number of amides is 1. The third-order valence-electron chi connectivity index (χ3n) is 3.19. The molecule has 0 bridgehead atoms. The number of nitrogens with two attached hydrogens (primary N) is 1. The first-order valence-corrected chi connectivity index (χ1v) is 6.69. The molecule has 100 valence electrons. The molecule has 0 aliphatic heterocycles. The fraction of sp³-hybridized carbons (Fsp3) is 0.533. The van der Waals surface area contributed by atoms with Crippen molar-refractivity contribution < 1.29 is 4.79 Å². The molecule has 3 nitrogen and oxygen atoms in total. The molecule has 0 radical (unpaired) electrons. The van der Waals surface area contributed by atoms with Crippen LogP contribution >= 0.6 is 0 Å². The van der Waals surface area contributed by atoms with E-state index in [9.17, 15) is 4.79 Å². The quantitative estimate of drug-likeness (QED) is 0.752. The van der Waals surface area contributed by atoms with E-state index in [1.165, 1.54) is 5.56 Å². The second-order valence-electron chi connectivity index (χ2n) is 4.72. The Labute approximate surface area is 110 Å². The Balaban J connectivity index is 2.20. The third-order valence-corrected chi connectivity index (χ3v) is 3.19. The zero-order chi connectivity index (χ0) is 13.4. The number of benzene rings is 1. The first-order valence-electron chi connectivity index (χ1n) is 6.69. The van der Waals surface area contributed by atoms with Crippen LogP contribution in [0.1, 0.15) is 31.7 Å². The van der Waals surface area contributed by atoms with E-state index in [0.29, 0.717) is 6.42 Å². The van der Waals surface area contributed by atoms with Gasteiger partial charge < -0.3 is 10.6 Å². The Bertz CT molecular complexity index is 351. The number of carbonyl (C=O) groups is 1. The Morgan fingerprint density at radius 2 is 1.94 bits per heavy atom. The average molecular weight is 248 g/mol. The average Bonchev–Trinajstić information content (AvgIpc) is 2.42. The van der Waals surface area contributed by atoms with Gasteiger partial charge in [-0.25, -0.2) is 0 Å². The van der Waals surface area contributed by atoms with Gasteiger partial charge in [-0.15, -0.1) is 0 Å². The van der Waals surface area contributed by atoms with Gasteiger partial charge in [-0.2, -0.15) is 0 Å². The molecule has 0 aliphatic rings. The van der Waals surface area contributed by atoms with Crippen molar-refractivity contribution >= 4 is 5.91 Å². The van der Waals surface area contributed by atoms with Gasteiger partial charge in [0.15, 0.2) is 0 Å². The molecule has 0 aromatic heterocycles. The van der Waals surface area contributed by atoms with Gasteiger partial charge in [-0.1, -0.05) is 37.3 Å². The van der Waals surface area contributed by atoms with Crippen LogP contribution in [0, 0.1) is 0 Å². The van der Waals surface area contributed by atoms with Gasteiger partial charge in [0.2, 0.25) is 5.91 Å². The van der Waals surface area contributed by atoms with Crippen molar-refractivity contribution in [1.82, 2.24) is 4.90 Å². The number of aryl methyl sites for hydroxylation is 1. The molecule has 1 aromatic carbocycles. The van der Waals surface area contributed by atoms with Crippen molar-refractivity contribution in [2.75, 3.05) is 13.6 Å². The van der Waals surface area contributed by atoms with Crippen molar-refractivity contribution in [1.29, 1.82) is 0 Å². The molecule has 3 heteroatoms. The van der Waals surface area contributed by atoms with E-state index in [1.807, 2.05) is 20.0 Å². The van der Waals surface area contributed by atoms with E-state index < -0.39 is 0 Å². The Morgan fingerprint density at radius 1 is 1.28 bits per heavy atom. The number of hydrogen-bond donors (Lipinski definition) is 1. The summed E-state index contributed by atoms with van der Waals surface area (Å²) in [6, 6.07) is 10.1. The van der Waals surface area contributed by atoms with E-state index in [0.717, 1.165) is 25.8 Å². The second-order valence-corrected chi connectivity index (χ2v) is 4.72. The Kier molecular flexibility index (Phi) is 6.44. The fourth-order valence-corrected chi connectivity index (χ4v) is 1.89. The molecule has 0 saturated carbocycles. The minimum absolute atomic E-state index is 0.0530. The molecular formula is C15H24N2O. The summed E-state index contributed by atoms with van der Waals surface area (Å²) in [6.45, 7) is 2.73. The van der Waals surface area contributed by atoms with Gasteiger partial charge in [0, 0.05) is 13.6 Å². The molecular weight excluding hydrogens is 224 g/mol. The van der Waals surface area contributed by atoms with Crippen molar-refractivity contribution in [2.45, 2.75) is 38.6 Å². The monoisotopic (exact) mass is 248 g/mol. The van der Waals surface area contributed by atoms with Gasteiger partial charge in [-0.3, -0.25) is 4.79 Å². The number of carbonyl (C=O) groups excluding carboxylic acids is 1. The van der Waals surface area contributed by atoms with E-state index in [4.69, 9.17) is 5.73 Å². The number of likely N-dealkylation sites (N-methyl/N-ethyl adjacent to an activating group) is 1. The largest absolute Gasteiger partial charge is 0.344 e. The molecule has 0 unspecified atom stereocenters. The highest BCUT2D eigenvalue weighted by Gasteiger charge is 2.15. The summed E-state index contributed by atoms with van der Waals surface area (Å²) in [5.41, 5.74) is 7.08. The highest BCUT2D eigenvalue weighted by Crippen LogP contribution is 2.05. The predicted octanol–water partition coefficient (Wildman–Crippen LogP) is 2.21. The van der Waals surface area contributed by atoms with Crippen LogP contribution < -0.4 is 5.73 Å². The number of hydrogen-bond acceptors (Lipinski definition) is 2. The third kappa shape index (κ3) is 4.88. The summed E-state index contributed by atoms with van der Waals surface area (Å²) < 4.78 is 0. The summed E-state index contributed by atoms with van der Waals surface area (Å²) in [7, 11) is 1.83. The smallest absolute Gasteiger partial charge is 0.239 e. The topological polar surface area (TPSA) is 46.3 Å². The molecule has 0 spiro atoms. The van der Waals surface area contributed by atoms with Gasteiger partial charge in [0.25, 0.3) is 0 Å². The number of nitrogens with zero attached hydrogens (tertiary/aromatic N) is 1. The lowest BCUT2D eigenvalue weighted by Crippen LogP contribution is -2.41. The summed E-state index contributed by atoms with van der Waals surface area (Å²) in [5.74, 6) is 0.0530. The standard InChI is InChI=1S/C15H24N2O/c1-3-14(16)15(18)17(2)12-8-7-11-13-9-5-4-6-10-13/h4-6,9-10,14H,3,7-8,11-12,16H2,1-2H3/t14-/m1/s1. The first kappa shape index (κ1) is 14.7. The van der Waals surface area contributed by atoms with Crippen molar-refractivity contribution in [3.63, 3.8) is 0 Å². The van der Waals surface area contributed by atoms with E-state index in [1.54, 1.807) is 4.90 Å². The molecule has 0 saturated heterocycles. The summed E-state index contributed by atoms with van der Waals surface area (Å²) in [4.78, 5) is 13.5. The minimum Gasteiger partial charge on any atom is -0.344 e. The Morgan fingerprint density at radius 3 is 2.56 bits per heavy atom. The van der Waals surface area contributed by atoms with Crippen LogP contribution in [0.5, 0.6) is 0 Å². The second kappa shape index (κ2) is 7.88. The lowest BCUT2D eigenvalue weighted by molar-refractivity contribution is -0.131. The van der Waals surface area contributed by atoms with Crippen LogP contribution in [0.2, 0.25) is 0 Å². The van der Waals surface area contributed by atoms with Crippen molar-refractivity contribution in [3.05, 3.63) is 35.9 Å². The van der Waals surface area contributed by atoms with Crippen LogP contribution in [0.4, 0.5) is 0 Å². The van der Waals surface area contributed by atoms with E-state index in [2.05, 4.69) is 24.3 Å². The van der Waals surface area contributed by atoms with E-state index in [-0.39, 0.29) is 11.9 Å². The Hall–Kier alpha value is -1.35.